The molecule has 0 spiro atoms. The maximum atomic E-state index is 3.40. The van der Waals surface area contributed by atoms with Crippen molar-refractivity contribution in [3.8, 4) is 0 Å². The molecule has 1 heteroatoms. The maximum absolute atomic E-state index is 3.40. The summed E-state index contributed by atoms with van der Waals surface area (Å²) in [4.78, 5) is 0. The van der Waals surface area contributed by atoms with Gasteiger partial charge in [-0.25, -0.2) is 0 Å². The average molecular weight is 245 g/mol. The van der Waals surface area contributed by atoms with Crippen molar-refractivity contribution in [1.82, 2.24) is 5.32 Å². The molecule has 0 unspecified atom stereocenters. The quantitative estimate of drug-likeness (QED) is 0.733. The van der Waals surface area contributed by atoms with E-state index in [1.165, 1.54) is 17.5 Å². The molecular formula is C17H27N. The molecule has 1 aromatic rings. The summed E-state index contributed by atoms with van der Waals surface area (Å²) < 4.78 is 0. The van der Waals surface area contributed by atoms with Gasteiger partial charge in [-0.1, -0.05) is 64.1 Å². The summed E-state index contributed by atoms with van der Waals surface area (Å²) in [6.45, 7) is 11.1. The second-order valence-corrected chi connectivity index (χ2v) is 5.81. The SMILES string of the molecule is CCCNCCC=Cc1ccc(C(C)(C)C)cc1. The Bertz CT molecular complexity index is 354. The van der Waals surface area contributed by atoms with E-state index in [1.54, 1.807) is 0 Å². The lowest BCUT2D eigenvalue weighted by Gasteiger charge is -2.18. The third-order valence-electron chi connectivity index (χ3n) is 3.00. The Kier molecular flexibility index (Phi) is 6.14. The molecular weight excluding hydrogens is 218 g/mol. The first-order chi connectivity index (χ1) is 8.54. The van der Waals surface area contributed by atoms with Gasteiger partial charge in [0.25, 0.3) is 0 Å². The Hall–Kier alpha value is -1.08. The highest BCUT2D eigenvalue weighted by atomic mass is 14.8. The van der Waals surface area contributed by atoms with Crippen molar-refractivity contribution in [2.75, 3.05) is 13.1 Å². The highest BCUT2D eigenvalue weighted by Gasteiger charge is 2.12. The van der Waals surface area contributed by atoms with Gasteiger partial charge >= 0.3 is 0 Å². The van der Waals surface area contributed by atoms with E-state index < -0.39 is 0 Å². The van der Waals surface area contributed by atoms with Gasteiger partial charge in [-0.15, -0.1) is 0 Å². The van der Waals surface area contributed by atoms with Gasteiger partial charge in [0.1, 0.15) is 0 Å². The summed E-state index contributed by atoms with van der Waals surface area (Å²) in [5.41, 5.74) is 2.93. The zero-order valence-corrected chi connectivity index (χ0v) is 12.3. The number of benzene rings is 1. The highest BCUT2D eigenvalue weighted by molar-refractivity contribution is 5.50. The van der Waals surface area contributed by atoms with Crippen LogP contribution in [-0.4, -0.2) is 13.1 Å². The predicted molar refractivity (Wildman–Crippen MR) is 82.0 cm³/mol. The van der Waals surface area contributed by atoms with E-state index in [9.17, 15) is 0 Å². The summed E-state index contributed by atoms with van der Waals surface area (Å²) in [6.07, 6.45) is 6.76. The molecule has 0 atom stereocenters. The van der Waals surface area contributed by atoms with E-state index >= 15 is 0 Å². The van der Waals surface area contributed by atoms with E-state index in [-0.39, 0.29) is 5.41 Å². The normalized spacial score (nSPS) is 12.2. The lowest BCUT2D eigenvalue weighted by molar-refractivity contribution is 0.590. The van der Waals surface area contributed by atoms with E-state index in [1.807, 2.05) is 0 Å². The lowest BCUT2D eigenvalue weighted by Crippen LogP contribution is -2.14. The molecule has 18 heavy (non-hydrogen) atoms. The number of hydrogen-bond acceptors (Lipinski definition) is 1. The van der Waals surface area contributed by atoms with Crippen LogP contribution < -0.4 is 5.32 Å². The monoisotopic (exact) mass is 245 g/mol. The Morgan fingerprint density at radius 3 is 2.28 bits per heavy atom. The summed E-state index contributed by atoms with van der Waals surface area (Å²) in [6, 6.07) is 8.87. The molecule has 0 heterocycles. The molecule has 1 N–H and O–H groups in total. The molecule has 0 saturated carbocycles. The molecule has 0 aromatic heterocycles. The van der Waals surface area contributed by atoms with E-state index in [0.29, 0.717) is 0 Å². The minimum absolute atomic E-state index is 0.242. The Morgan fingerprint density at radius 2 is 1.72 bits per heavy atom. The lowest BCUT2D eigenvalue weighted by atomic mass is 9.87. The first-order valence-electron chi connectivity index (χ1n) is 7.02. The van der Waals surface area contributed by atoms with E-state index in [2.05, 4.69) is 69.4 Å². The molecule has 0 amide bonds. The smallest absolute Gasteiger partial charge is 0.00142 e. The molecule has 1 nitrogen and oxygen atoms in total. The van der Waals surface area contributed by atoms with Crippen LogP contribution >= 0.6 is 0 Å². The van der Waals surface area contributed by atoms with E-state index in [0.717, 1.165) is 19.5 Å². The number of nitrogens with one attached hydrogen (secondary N) is 1. The molecule has 0 fully saturated rings. The van der Waals surface area contributed by atoms with Crippen LogP contribution in [-0.2, 0) is 5.41 Å². The molecule has 0 radical (unpaired) electrons. The highest BCUT2D eigenvalue weighted by Crippen LogP contribution is 2.22. The van der Waals surface area contributed by atoms with Crippen molar-refractivity contribution in [2.24, 2.45) is 0 Å². The van der Waals surface area contributed by atoms with Crippen molar-refractivity contribution in [2.45, 2.75) is 46.0 Å². The van der Waals surface area contributed by atoms with Crippen molar-refractivity contribution in [3.63, 3.8) is 0 Å². The summed E-state index contributed by atoms with van der Waals surface area (Å²) >= 11 is 0. The standard InChI is InChI=1S/C17H27N/c1-5-13-18-14-7-6-8-15-9-11-16(12-10-15)17(2,3)4/h6,8-12,18H,5,7,13-14H2,1-4H3. The third kappa shape index (κ3) is 5.50. The fourth-order valence-electron chi connectivity index (χ4n) is 1.80. The fraction of sp³-hybridized carbons (Fsp3) is 0.529. The van der Waals surface area contributed by atoms with Gasteiger partial charge in [0.2, 0.25) is 0 Å². The minimum atomic E-state index is 0.242. The molecule has 0 aliphatic carbocycles. The van der Waals surface area contributed by atoms with Crippen LogP contribution in [0.5, 0.6) is 0 Å². The Morgan fingerprint density at radius 1 is 1.06 bits per heavy atom. The van der Waals surface area contributed by atoms with Gasteiger partial charge < -0.3 is 5.32 Å². The van der Waals surface area contributed by atoms with Gasteiger partial charge in [-0.3, -0.25) is 0 Å². The second-order valence-electron chi connectivity index (χ2n) is 5.81. The van der Waals surface area contributed by atoms with Gasteiger partial charge in [0.15, 0.2) is 0 Å². The summed E-state index contributed by atoms with van der Waals surface area (Å²) in [5.74, 6) is 0. The van der Waals surface area contributed by atoms with Gasteiger partial charge in [-0.05, 0) is 42.5 Å². The van der Waals surface area contributed by atoms with Crippen molar-refractivity contribution in [3.05, 3.63) is 41.5 Å². The second kappa shape index (κ2) is 7.38. The maximum Gasteiger partial charge on any atom is -0.00142 e. The number of rotatable bonds is 6. The van der Waals surface area contributed by atoms with Crippen LogP contribution in [0.2, 0.25) is 0 Å². The van der Waals surface area contributed by atoms with Gasteiger partial charge in [0, 0.05) is 0 Å². The zero-order chi connectivity index (χ0) is 13.4. The van der Waals surface area contributed by atoms with Crippen LogP contribution in [0.3, 0.4) is 0 Å². The molecule has 1 aromatic carbocycles. The fourth-order valence-corrected chi connectivity index (χ4v) is 1.80. The zero-order valence-electron chi connectivity index (χ0n) is 12.3. The van der Waals surface area contributed by atoms with Crippen LogP contribution in [0.15, 0.2) is 30.3 Å². The first kappa shape index (κ1) is 15.0. The van der Waals surface area contributed by atoms with Crippen LogP contribution in [0.25, 0.3) is 6.08 Å². The molecule has 0 aliphatic rings. The van der Waals surface area contributed by atoms with Crippen LogP contribution in [0, 0.1) is 0 Å². The molecule has 0 saturated heterocycles. The molecule has 0 aliphatic heterocycles. The Labute approximate surface area is 112 Å². The molecule has 0 bridgehead atoms. The van der Waals surface area contributed by atoms with Crippen LogP contribution in [0.4, 0.5) is 0 Å². The molecule has 100 valence electrons. The Balaban J connectivity index is 2.41. The van der Waals surface area contributed by atoms with E-state index in [4.69, 9.17) is 0 Å². The van der Waals surface area contributed by atoms with Gasteiger partial charge in [0.05, 0.1) is 0 Å². The first-order valence-corrected chi connectivity index (χ1v) is 7.02. The topological polar surface area (TPSA) is 12.0 Å². The largest absolute Gasteiger partial charge is 0.316 e. The predicted octanol–water partition coefficient (Wildman–Crippen LogP) is 4.39. The van der Waals surface area contributed by atoms with Crippen molar-refractivity contribution < 1.29 is 0 Å². The summed E-state index contributed by atoms with van der Waals surface area (Å²) in [7, 11) is 0. The minimum Gasteiger partial charge on any atom is -0.316 e. The van der Waals surface area contributed by atoms with Crippen molar-refractivity contribution >= 4 is 6.08 Å². The third-order valence-corrected chi connectivity index (χ3v) is 3.00. The number of hydrogen-bond donors (Lipinski definition) is 1. The van der Waals surface area contributed by atoms with Gasteiger partial charge in [-0.2, -0.15) is 0 Å². The van der Waals surface area contributed by atoms with Crippen molar-refractivity contribution in [1.29, 1.82) is 0 Å². The summed E-state index contributed by atoms with van der Waals surface area (Å²) in [5, 5.41) is 3.40. The average Bonchev–Trinajstić information content (AvgIpc) is 2.33. The molecule has 1 rings (SSSR count). The van der Waals surface area contributed by atoms with Crippen LogP contribution in [0.1, 0.15) is 51.7 Å².